The predicted molar refractivity (Wildman–Crippen MR) is 89.2 cm³/mol. The maximum absolute atomic E-state index is 5.66. The SMILES string of the molecule is CN(CC1CCCOC1)CC1(N2CCOCC2)CCCCC1. The maximum Gasteiger partial charge on any atom is 0.0594 e. The molecule has 0 aromatic heterocycles. The molecule has 1 unspecified atom stereocenters. The van der Waals surface area contributed by atoms with Gasteiger partial charge in [0.05, 0.1) is 19.8 Å². The van der Waals surface area contributed by atoms with Crippen LogP contribution in [0, 0.1) is 5.92 Å². The summed E-state index contributed by atoms with van der Waals surface area (Å²) in [5.74, 6) is 0.740. The second-order valence-electron chi connectivity index (χ2n) is 7.66. The van der Waals surface area contributed by atoms with Crippen LogP contribution in [0.15, 0.2) is 0 Å². The Bertz CT molecular complexity index is 319. The largest absolute Gasteiger partial charge is 0.381 e. The minimum Gasteiger partial charge on any atom is -0.381 e. The van der Waals surface area contributed by atoms with Gasteiger partial charge in [-0.15, -0.1) is 0 Å². The van der Waals surface area contributed by atoms with Crippen molar-refractivity contribution in [2.45, 2.75) is 50.5 Å². The minimum atomic E-state index is 0.409. The van der Waals surface area contributed by atoms with Crippen LogP contribution in [0.25, 0.3) is 0 Å². The third-order valence-electron chi connectivity index (χ3n) is 5.85. The molecule has 128 valence electrons. The summed E-state index contributed by atoms with van der Waals surface area (Å²) in [6.45, 7) is 8.45. The lowest BCUT2D eigenvalue weighted by atomic mass is 9.79. The molecule has 1 aliphatic carbocycles. The lowest BCUT2D eigenvalue weighted by Crippen LogP contribution is -2.59. The fourth-order valence-corrected chi connectivity index (χ4v) is 4.78. The zero-order valence-corrected chi connectivity index (χ0v) is 14.4. The Hall–Kier alpha value is -0.160. The van der Waals surface area contributed by atoms with Gasteiger partial charge in [0.2, 0.25) is 0 Å². The van der Waals surface area contributed by atoms with E-state index in [-0.39, 0.29) is 0 Å². The highest BCUT2D eigenvalue weighted by Crippen LogP contribution is 2.35. The Balaban J connectivity index is 1.58. The van der Waals surface area contributed by atoms with Crippen LogP contribution in [0.5, 0.6) is 0 Å². The third-order valence-corrected chi connectivity index (χ3v) is 5.85. The van der Waals surface area contributed by atoms with Gasteiger partial charge in [-0.1, -0.05) is 19.3 Å². The van der Waals surface area contributed by atoms with Crippen LogP contribution in [0.2, 0.25) is 0 Å². The Labute approximate surface area is 136 Å². The van der Waals surface area contributed by atoms with E-state index in [1.807, 2.05) is 0 Å². The number of ether oxygens (including phenoxy) is 2. The molecular weight excluding hydrogens is 276 g/mol. The highest BCUT2D eigenvalue weighted by molar-refractivity contribution is 4.96. The monoisotopic (exact) mass is 310 g/mol. The molecule has 0 aromatic carbocycles. The molecule has 0 radical (unpaired) electrons. The Morgan fingerprint density at radius 1 is 1.00 bits per heavy atom. The van der Waals surface area contributed by atoms with E-state index in [2.05, 4.69) is 16.8 Å². The fraction of sp³-hybridized carbons (Fsp3) is 1.00. The van der Waals surface area contributed by atoms with Crippen molar-refractivity contribution in [2.24, 2.45) is 5.92 Å². The molecule has 3 aliphatic rings. The van der Waals surface area contributed by atoms with Crippen molar-refractivity contribution in [1.29, 1.82) is 0 Å². The van der Waals surface area contributed by atoms with E-state index in [1.54, 1.807) is 0 Å². The molecule has 2 saturated heterocycles. The van der Waals surface area contributed by atoms with Crippen molar-refractivity contribution >= 4 is 0 Å². The highest BCUT2D eigenvalue weighted by Gasteiger charge is 2.39. The van der Waals surface area contributed by atoms with Gasteiger partial charge in [-0.05, 0) is 38.6 Å². The van der Waals surface area contributed by atoms with Gasteiger partial charge < -0.3 is 14.4 Å². The first-order chi connectivity index (χ1) is 10.8. The zero-order chi connectivity index (χ0) is 15.3. The van der Waals surface area contributed by atoms with Crippen LogP contribution in [0.4, 0.5) is 0 Å². The number of morpholine rings is 1. The Morgan fingerprint density at radius 3 is 2.45 bits per heavy atom. The summed E-state index contributed by atoms with van der Waals surface area (Å²) in [5, 5.41) is 0. The molecule has 1 atom stereocenters. The molecule has 3 rings (SSSR count). The molecule has 2 heterocycles. The predicted octanol–water partition coefficient (Wildman–Crippen LogP) is 2.38. The normalized spacial score (nSPS) is 30.5. The summed E-state index contributed by atoms with van der Waals surface area (Å²) < 4.78 is 11.3. The van der Waals surface area contributed by atoms with E-state index < -0.39 is 0 Å². The van der Waals surface area contributed by atoms with Crippen LogP contribution < -0.4 is 0 Å². The van der Waals surface area contributed by atoms with E-state index >= 15 is 0 Å². The molecule has 0 bridgehead atoms. The number of hydrogen-bond donors (Lipinski definition) is 0. The second kappa shape index (κ2) is 8.09. The second-order valence-corrected chi connectivity index (χ2v) is 7.66. The molecule has 22 heavy (non-hydrogen) atoms. The highest BCUT2D eigenvalue weighted by atomic mass is 16.5. The molecule has 4 nitrogen and oxygen atoms in total. The third kappa shape index (κ3) is 4.22. The summed E-state index contributed by atoms with van der Waals surface area (Å²) in [7, 11) is 2.32. The average Bonchev–Trinajstić information content (AvgIpc) is 2.57. The molecule has 1 saturated carbocycles. The van der Waals surface area contributed by atoms with E-state index in [4.69, 9.17) is 9.47 Å². The first-order valence-corrected chi connectivity index (χ1v) is 9.38. The number of rotatable bonds is 5. The molecule has 4 heteroatoms. The first-order valence-electron chi connectivity index (χ1n) is 9.38. The van der Waals surface area contributed by atoms with Crippen LogP contribution in [0.3, 0.4) is 0 Å². The van der Waals surface area contributed by atoms with Crippen molar-refractivity contribution in [3.05, 3.63) is 0 Å². The van der Waals surface area contributed by atoms with Crippen molar-refractivity contribution in [3.8, 4) is 0 Å². The van der Waals surface area contributed by atoms with Crippen molar-refractivity contribution in [1.82, 2.24) is 9.80 Å². The quantitative estimate of drug-likeness (QED) is 0.778. The summed E-state index contributed by atoms with van der Waals surface area (Å²) >= 11 is 0. The molecule has 0 aromatic rings. The smallest absolute Gasteiger partial charge is 0.0594 e. The summed E-state index contributed by atoms with van der Waals surface area (Å²) in [4.78, 5) is 5.35. The molecule has 2 aliphatic heterocycles. The van der Waals surface area contributed by atoms with Crippen LogP contribution in [0.1, 0.15) is 44.9 Å². The average molecular weight is 310 g/mol. The lowest BCUT2D eigenvalue weighted by Gasteiger charge is -2.50. The van der Waals surface area contributed by atoms with Crippen molar-refractivity contribution in [3.63, 3.8) is 0 Å². The van der Waals surface area contributed by atoms with Gasteiger partial charge in [0.1, 0.15) is 0 Å². The molecule has 3 fully saturated rings. The summed E-state index contributed by atoms with van der Waals surface area (Å²) in [6.07, 6.45) is 9.56. The van der Waals surface area contributed by atoms with E-state index in [0.717, 1.165) is 45.4 Å². The lowest BCUT2D eigenvalue weighted by molar-refractivity contribution is -0.0519. The van der Waals surface area contributed by atoms with E-state index in [1.165, 1.54) is 58.0 Å². The van der Waals surface area contributed by atoms with Gasteiger partial charge in [-0.25, -0.2) is 0 Å². The van der Waals surface area contributed by atoms with Crippen molar-refractivity contribution < 1.29 is 9.47 Å². The van der Waals surface area contributed by atoms with Gasteiger partial charge in [-0.2, -0.15) is 0 Å². The Kier molecular flexibility index (Phi) is 6.14. The number of likely N-dealkylation sites (N-methyl/N-ethyl adjacent to an activating group) is 1. The zero-order valence-electron chi connectivity index (χ0n) is 14.4. The van der Waals surface area contributed by atoms with Gasteiger partial charge in [-0.3, -0.25) is 4.90 Å². The first kappa shape index (κ1) is 16.7. The minimum absolute atomic E-state index is 0.409. The number of nitrogens with zero attached hydrogens (tertiary/aromatic N) is 2. The maximum atomic E-state index is 5.66. The fourth-order valence-electron chi connectivity index (χ4n) is 4.78. The van der Waals surface area contributed by atoms with Gasteiger partial charge in [0, 0.05) is 38.3 Å². The standard InChI is InChI=1S/C18H34N2O2/c1-19(14-17-6-5-11-22-15-17)16-18(7-3-2-4-8-18)20-9-12-21-13-10-20/h17H,2-16H2,1H3. The van der Waals surface area contributed by atoms with Crippen molar-refractivity contribution in [2.75, 3.05) is 59.7 Å². The van der Waals surface area contributed by atoms with Crippen LogP contribution >= 0.6 is 0 Å². The van der Waals surface area contributed by atoms with E-state index in [9.17, 15) is 0 Å². The molecular formula is C18H34N2O2. The topological polar surface area (TPSA) is 24.9 Å². The van der Waals surface area contributed by atoms with E-state index in [0.29, 0.717) is 5.54 Å². The number of hydrogen-bond acceptors (Lipinski definition) is 4. The molecule has 0 amide bonds. The Morgan fingerprint density at radius 2 is 1.77 bits per heavy atom. The molecule has 0 spiro atoms. The van der Waals surface area contributed by atoms with Crippen LogP contribution in [-0.2, 0) is 9.47 Å². The van der Waals surface area contributed by atoms with Gasteiger partial charge in [0.25, 0.3) is 0 Å². The van der Waals surface area contributed by atoms with Crippen LogP contribution in [-0.4, -0.2) is 75.0 Å². The van der Waals surface area contributed by atoms with Gasteiger partial charge >= 0.3 is 0 Å². The van der Waals surface area contributed by atoms with Gasteiger partial charge in [0.15, 0.2) is 0 Å². The molecule has 0 N–H and O–H groups in total. The summed E-state index contributed by atoms with van der Waals surface area (Å²) in [6, 6.07) is 0. The summed E-state index contributed by atoms with van der Waals surface area (Å²) in [5.41, 5.74) is 0.409.